The Morgan fingerprint density at radius 1 is 1.00 bits per heavy atom. The van der Waals surface area contributed by atoms with Crippen molar-refractivity contribution in [2.75, 3.05) is 11.9 Å². The number of fused-ring (bicyclic) bond motifs is 2. The quantitative estimate of drug-likeness (QED) is 0.551. The summed E-state index contributed by atoms with van der Waals surface area (Å²) in [4.78, 5) is 17.3. The molecular formula is C22H16N2O3S. The Kier molecular flexibility index (Phi) is 4.18. The van der Waals surface area contributed by atoms with E-state index in [-0.39, 0.29) is 12.5 Å². The lowest BCUT2D eigenvalue weighted by molar-refractivity contribution is -0.125. The number of thiazole rings is 1. The molecular weight excluding hydrogens is 372 g/mol. The molecule has 4 aromatic rings. The van der Waals surface area contributed by atoms with Crippen molar-refractivity contribution < 1.29 is 14.3 Å². The van der Waals surface area contributed by atoms with Crippen LogP contribution in [0.2, 0.25) is 0 Å². The SMILES string of the molecule is O=C(Nc1cccc(-c2nc3ccccc3s2)c1)C1COc2ccccc2O1. The summed E-state index contributed by atoms with van der Waals surface area (Å²) in [7, 11) is 0. The van der Waals surface area contributed by atoms with Crippen molar-refractivity contribution in [3.05, 3.63) is 72.8 Å². The Morgan fingerprint density at radius 3 is 2.71 bits per heavy atom. The van der Waals surface area contributed by atoms with Gasteiger partial charge in [0.25, 0.3) is 5.91 Å². The highest BCUT2D eigenvalue weighted by atomic mass is 32.1. The van der Waals surface area contributed by atoms with E-state index in [1.807, 2.05) is 60.7 Å². The number of amides is 1. The highest BCUT2D eigenvalue weighted by molar-refractivity contribution is 7.21. The van der Waals surface area contributed by atoms with Crippen LogP contribution in [0.15, 0.2) is 72.8 Å². The second-order valence-electron chi connectivity index (χ2n) is 6.42. The van der Waals surface area contributed by atoms with Crippen LogP contribution in [0.5, 0.6) is 11.5 Å². The molecule has 0 spiro atoms. The molecule has 1 aromatic heterocycles. The van der Waals surface area contributed by atoms with Crippen molar-refractivity contribution in [2.24, 2.45) is 0 Å². The maximum absolute atomic E-state index is 12.6. The number of anilines is 1. The molecule has 2 heterocycles. The van der Waals surface area contributed by atoms with Crippen molar-refractivity contribution in [2.45, 2.75) is 6.10 Å². The first-order valence-electron chi connectivity index (χ1n) is 8.92. The number of nitrogens with one attached hydrogen (secondary N) is 1. The average Bonchev–Trinajstić information content (AvgIpc) is 3.18. The van der Waals surface area contributed by atoms with Crippen LogP contribution in [-0.4, -0.2) is 23.6 Å². The zero-order valence-corrected chi connectivity index (χ0v) is 15.6. The molecule has 0 saturated carbocycles. The molecule has 1 unspecified atom stereocenters. The lowest BCUT2D eigenvalue weighted by Crippen LogP contribution is -2.40. The Bertz CT molecular complexity index is 1140. The number of hydrogen-bond acceptors (Lipinski definition) is 5. The molecule has 1 atom stereocenters. The zero-order chi connectivity index (χ0) is 18.9. The van der Waals surface area contributed by atoms with Crippen LogP contribution in [-0.2, 0) is 4.79 Å². The van der Waals surface area contributed by atoms with Crippen LogP contribution in [0, 0.1) is 0 Å². The van der Waals surface area contributed by atoms with Crippen molar-refractivity contribution >= 4 is 33.1 Å². The Morgan fingerprint density at radius 2 is 1.82 bits per heavy atom. The summed E-state index contributed by atoms with van der Waals surface area (Å²) in [6, 6.07) is 23.1. The molecule has 1 N–H and O–H groups in total. The molecule has 0 bridgehead atoms. The van der Waals surface area contributed by atoms with Gasteiger partial charge >= 0.3 is 0 Å². The molecule has 1 aliphatic heterocycles. The second kappa shape index (κ2) is 6.98. The van der Waals surface area contributed by atoms with Gasteiger partial charge in [0.05, 0.1) is 10.2 Å². The van der Waals surface area contributed by atoms with E-state index in [1.54, 1.807) is 17.4 Å². The van der Waals surface area contributed by atoms with Crippen LogP contribution in [0.4, 0.5) is 5.69 Å². The first-order valence-corrected chi connectivity index (χ1v) is 9.73. The van der Waals surface area contributed by atoms with Crippen LogP contribution in [0.3, 0.4) is 0 Å². The highest BCUT2D eigenvalue weighted by Crippen LogP contribution is 2.32. The molecule has 0 saturated heterocycles. The lowest BCUT2D eigenvalue weighted by Gasteiger charge is -2.25. The van der Waals surface area contributed by atoms with Gasteiger partial charge in [0.2, 0.25) is 6.10 Å². The van der Waals surface area contributed by atoms with Crippen molar-refractivity contribution in [3.8, 4) is 22.1 Å². The fourth-order valence-corrected chi connectivity index (χ4v) is 4.06. The van der Waals surface area contributed by atoms with Gasteiger partial charge in [0.15, 0.2) is 11.5 Å². The first-order chi connectivity index (χ1) is 13.8. The Labute approximate surface area is 165 Å². The number of rotatable bonds is 3. The van der Waals surface area contributed by atoms with Crippen LogP contribution in [0.25, 0.3) is 20.8 Å². The summed E-state index contributed by atoms with van der Waals surface area (Å²) < 4.78 is 12.5. The molecule has 6 heteroatoms. The molecule has 3 aromatic carbocycles. The van der Waals surface area contributed by atoms with Gasteiger partial charge in [-0.2, -0.15) is 0 Å². The summed E-state index contributed by atoms with van der Waals surface area (Å²) in [6.07, 6.45) is -0.694. The molecule has 1 aliphatic rings. The summed E-state index contributed by atoms with van der Waals surface area (Å²) >= 11 is 1.63. The average molecular weight is 388 g/mol. The predicted molar refractivity (Wildman–Crippen MR) is 110 cm³/mol. The van der Waals surface area contributed by atoms with E-state index < -0.39 is 6.10 Å². The number of para-hydroxylation sites is 3. The van der Waals surface area contributed by atoms with Crippen molar-refractivity contribution in [1.82, 2.24) is 4.98 Å². The fraction of sp³-hybridized carbons (Fsp3) is 0.0909. The Hall–Kier alpha value is -3.38. The summed E-state index contributed by atoms with van der Waals surface area (Å²) in [5.41, 5.74) is 2.64. The summed E-state index contributed by atoms with van der Waals surface area (Å²) in [6.45, 7) is 0.181. The smallest absolute Gasteiger partial charge is 0.269 e. The third-order valence-electron chi connectivity index (χ3n) is 4.47. The van der Waals surface area contributed by atoms with Gasteiger partial charge in [-0.15, -0.1) is 11.3 Å². The minimum atomic E-state index is -0.694. The third-order valence-corrected chi connectivity index (χ3v) is 5.56. The van der Waals surface area contributed by atoms with Gasteiger partial charge in [-0.05, 0) is 36.4 Å². The van der Waals surface area contributed by atoms with E-state index in [9.17, 15) is 4.79 Å². The maximum Gasteiger partial charge on any atom is 0.269 e. The number of carbonyl (C=O) groups is 1. The predicted octanol–water partition coefficient (Wildman–Crippen LogP) is 4.74. The highest BCUT2D eigenvalue weighted by Gasteiger charge is 2.27. The van der Waals surface area contributed by atoms with E-state index in [0.29, 0.717) is 17.2 Å². The number of carbonyl (C=O) groups excluding carboxylic acids is 1. The van der Waals surface area contributed by atoms with Gasteiger partial charge in [0.1, 0.15) is 11.6 Å². The summed E-state index contributed by atoms with van der Waals surface area (Å²) in [5, 5.41) is 3.84. The third kappa shape index (κ3) is 3.18. The number of nitrogens with zero attached hydrogens (tertiary/aromatic N) is 1. The minimum absolute atomic E-state index is 0.181. The van der Waals surface area contributed by atoms with E-state index in [1.165, 1.54) is 0 Å². The lowest BCUT2D eigenvalue weighted by atomic mass is 10.2. The number of ether oxygens (including phenoxy) is 2. The van der Waals surface area contributed by atoms with Crippen LogP contribution in [0.1, 0.15) is 0 Å². The Balaban J connectivity index is 1.35. The molecule has 0 fully saturated rings. The van der Waals surface area contributed by atoms with Gasteiger partial charge in [-0.3, -0.25) is 4.79 Å². The molecule has 0 aliphatic carbocycles. The largest absolute Gasteiger partial charge is 0.485 e. The van der Waals surface area contributed by atoms with E-state index in [4.69, 9.17) is 9.47 Å². The standard InChI is InChI=1S/C22H16N2O3S/c25-21(19-13-26-17-9-2-3-10-18(17)27-19)23-15-7-5-6-14(12-15)22-24-16-8-1-4-11-20(16)28-22/h1-12,19H,13H2,(H,23,25). The minimum Gasteiger partial charge on any atom is -0.485 e. The number of hydrogen-bond donors (Lipinski definition) is 1. The topological polar surface area (TPSA) is 60.5 Å². The first kappa shape index (κ1) is 16.8. The van der Waals surface area contributed by atoms with Crippen molar-refractivity contribution in [3.63, 3.8) is 0 Å². The molecule has 5 rings (SSSR count). The van der Waals surface area contributed by atoms with Crippen LogP contribution < -0.4 is 14.8 Å². The van der Waals surface area contributed by atoms with Gasteiger partial charge in [-0.1, -0.05) is 36.4 Å². The number of benzene rings is 3. The summed E-state index contributed by atoms with van der Waals surface area (Å²) in [5.74, 6) is 0.998. The normalized spacial score (nSPS) is 15.4. The van der Waals surface area contributed by atoms with Gasteiger partial charge in [-0.25, -0.2) is 4.98 Å². The maximum atomic E-state index is 12.6. The molecule has 138 valence electrons. The zero-order valence-electron chi connectivity index (χ0n) is 14.8. The van der Waals surface area contributed by atoms with E-state index in [2.05, 4.69) is 16.4 Å². The molecule has 1 amide bonds. The van der Waals surface area contributed by atoms with Crippen molar-refractivity contribution in [1.29, 1.82) is 0 Å². The van der Waals surface area contributed by atoms with Gasteiger partial charge in [0, 0.05) is 11.3 Å². The van der Waals surface area contributed by atoms with E-state index in [0.717, 1.165) is 20.8 Å². The monoisotopic (exact) mass is 388 g/mol. The second-order valence-corrected chi connectivity index (χ2v) is 7.45. The fourth-order valence-electron chi connectivity index (χ4n) is 3.10. The van der Waals surface area contributed by atoms with E-state index >= 15 is 0 Å². The van der Waals surface area contributed by atoms with Gasteiger partial charge < -0.3 is 14.8 Å². The molecule has 5 nitrogen and oxygen atoms in total. The molecule has 28 heavy (non-hydrogen) atoms. The number of aromatic nitrogens is 1. The molecule has 0 radical (unpaired) electrons. The van der Waals surface area contributed by atoms with Crippen LogP contribution >= 0.6 is 11.3 Å².